The van der Waals surface area contributed by atoms with Gasteiger partial charge in [0.15, 0.2) is 11.0 Å². The van der Waals surface area contributed by atoms with Crippen molar-refractivity contribution in [2.75, 3.05) is 17.7 Å². The Hall–Kier alpha value is -3.58. The Balaban J connectivity index is 1.60. The van der Waals surface area contributed by atoms with Crippen molar-refractivity contribution in [1.82, 2.24) is 14.8 Å². The maximum absolute atomic E-state index is 12.7. The lowest BCUT2D eigenvalue weighted by Crippen LogP contribution is -2.15. The van der Waals surface area contributed by atoms with Crippen molar-refractivity contribution in [2.24, 2.45) is 0 Å². The zero-order valence-corrected chi connectivity index (χ0v) is 20.4. The number of aromatic nitrogens is 3. The van der Waals surface area contributed by atoms with Crippen LogP contribution in [0, 0.1) is 6.92 Å². The van der Waals surface area contributed by atoms with Crippen molar-refractivity contribution in [3.63, 3.8) is 0 Å². The molecule has 7 heteroatoms. The molecular formula is C27H28N4O2S. The van der Waals surface area contributed by atoms with E-state index in [0.29, 0.717) is 11.8 Å². The first kappa shape index (κ1) is 23.6. The lowest BCUT2D eigenvalue weighted by Gasteiger charge is -2.12. The van der Waals surface area contributed by atoms with Crippen LogP contribution < -0.4 is 10.1 Å². The Morgan fingerprint density at radius 2 is 1.71 bits per heavy atom. The summed E-state index contributed by atoms with van der Waals surface area (Å²) < 4.78 is 7.58. The molecule has 174 valence electrons. The lowest BCUT2D eigenvalue weighted by molar-refractivity contribution is -0.113. The van der Waals surface area contributed by atoms with Gasteiger partial charge in [-0.2, -0.15) is 0 Å². The van der Waals surface area contributed by atoms with Crippen LogP contribution in [-0.2, 0) is 11.2 Å². The first-order chi connectivity index (χ1) is 16.6. The van der Waals surface area contributed by atoms with Gasteiger partial charge in [-0.3, -0.25) is 9.36 Å². The molecule has 0 radical (unpaired) electrons. The van der Waals surface area contributed by atoms with Crippen molar-refractivity contribution in [3.05, 3.63) is 83.9 Å². The highest BCUT2D eigenvalue weighted by molar-refractivity contribution is 7.99. The van der Waals surface area contributed by atoms with E-state index in [1.807, 2.05) is 72.2 Å². The molecule has 1 aromatic heterocycles. The highest BCUT2D eigenvalue weighted by Crippen LogP contribution is 2.29. The predicted molar refractivity (Wildman–Crippen MR) is 138 cm³/mol. The van der Waals surface area contributed by atoms with Gasteiger partial charge in [-0.15, -0.1) is 10.2 Å². The maximum atomic E-state index is 12.7. The number of ether oxygens (including phenoxy) is 1. The second kappa shape index (κ2) is 11.0. The molecule has 0 saturated carbocycles. The quantitative estimate of drug-likeness (QED) is 0.306. The normalized spacial score (nSPS) is 10.8. The van der Waals surface area contributed by atoms with Gasteiger partial charge in [-0.25, -0.2) is 0 Å². The van der Waals surface area contributed by atoms with Crippen LogP contribution in [0.15, 0.2) is 78.0 Å². The molecule has 0 aliphatic heterocycles. The van der Waals surface area contributed by atoms with Crippen LogP contribution >= 0.6 is 11.8 Å². The topological polar surface area (TPSA) is 69.0 Å². The van der Waals surface area contributed by atoms with E-state index in [1.54, 1.807) is 0 Å². The van der Waals surface area contributed by atoms with Crippen LogP contribution in [0.5, 0.6) is 5.75 Å². The van der Waals surface area contributed by atoms with E-state index in [2.05, 4.69) is 41.5 Å². The minimum absolute atomic E-state index is 0.0796. The van der Waals surface area contributed by atoms with Gasteiger partial charge in [0.25, 0.3) is 0 Å². The molecule has 6 nitrogen and oxygen atoms in total. The van der Waals surface area contributed by atoms with Crippen LogP contribution in [0.2, 0.25) is 0 Å². The maximum Gasteiger partial charge on any atom is 0.234 e. The molecule has 0 aliphatic rings. The molecule has 0 saturated heterocycles. The van der Waals surface area contributed by atoms with Crippen molar-refractivity contribution < 1.29 is 9.53 Å². The fourth-order valence-electron chi connectivity index (χ4n) is 3.61. The molecule has 0 bridgehead atoms. The minimum atomic E-state index is -0.0796. The van der Waals surface area contributed by atoms with Gasteiger partial charge in [0.1, 0.15) is 5.75 Å². The number of nitrogens with zero attached hydrogens (tertiary/aromatic N) is 3. The highest BCUT2D eigenvalue weighted by Gasteiger charge is 2.18. The second-order valence-corrected chi connectivity index (χ2v) is 8.72. The van der Waals surface area contributed by atoms with Crippen LogP contribution in [0.25, 0.3) is 17.1 Å². The summed E-state index contributed by atoms with van der Waals surface area (Å²) in [5.41, 5.74) is 5.00. The molecule has 34 heavy (non-hydrogen) atoms. The summed E-state index contributed by atoms with van der Waals surface area (Å²) in [5.74, 6) is 1.67. The Morgan fingerprint density at radius 1 is 0.971 bits per heavy atom. The molecule has 0 aliphatic carbocycles. The van der Waals surface area contributed by atoms with Crippen molar-refractivity contribution >= 4 is 23.4 Å². The number of carbonyl (C=O) groups is 1. The number of para-hydroxylation sites is 1. The van der Waals surface area contributed by atoms with E-state index in [4.69, 9.17) is 4.74 Å². The van der Waals surface area contributed by atoms with Crippen molar-refractivity contribution in [3.8, 4) is 22.8 Å². The van der Waals surface area contributed by atoms with E-state index in [1.165, 1.54) is 17.3 Å². The number of carbonyl (C=O) groups excluding carboxylic acids is 1. The smallest absolute Gasteiger partial charge is 0.234 e. The molecule has 0 spiro atoms. The number of anilines is 1. The average Bonchev–Trinajstić information content (AvgIpc) is 3.28. The number of nitrogens with one attached hydrogen (secondary N) is 1. The third-order valence-electron chi connectivity index (χ3n) is 5.35. The van der Waals surface area contributed by atoms with Crippen LogP contribution in [0.3, 0.4) is 0 Å². The fourth-order valence-corrected chi connectivity index (χ4v) is 4.36. The zero-order chi connectivity index (χ0) is 23.9. The summed E-state index contributed by atoms with van der Waals surface area (Å²) in [4.78, 5) is 12.7. The number of benzene rings is 3. The van der Waals surface area contributed by atoms with Crippen LogP contribution in [-0.4, -0.2) is 33.0 Å². The molecule has 4 rings (SSSR count). The molecule has 4 aromatic rings. The largest absolute Gasteiger partial charge is 0.494 e. The molecule has 1 N–H and O–H groups in total. The van der Waals surface area contributed by atoms with E-state index >= 15 is 0 Å². The standard InChI is InChI=1S/C27H28N4O2S/c1-4-20-8-6-7-9-24(20)28-25(32)18-34-27-30-29-26(21-12-10-19(3)11-13-21)31(27)22-14-16-23(17-15-22)33-5-2/h6-17H,4-5,18H2,1-3H3,(H,28,32). The Bertz CT molecular complexity index is 1250. The van der Waals surface area contributed by atoms with Gasteiger partial charge in [-0.05, 0) is 56.2 Å². The van der Waals surface area contributed by atoms with Crippen LogP contribution in [0.1, 0.15) is 25.0 Å². The number of rotatable bonds is 9. The number of thioether (sulfide) groups is 1. The number of aryl methyl sites for hydroxylation is 2. The molecule has 0 fully saturated rings. The van der Waals surface area contributed by atoms with E-state index in [-0.39, 0.29) is 11.7 Å². The Morgan fingerprint density at radius 3 is 2.41 bits per heavy atom. The first-order valence-electron chi connectivity index (χ1n) is 11.3. The van der Waals surface area contributed by atoms with Crippen LogP contribution in [0.4, 0.5) is 5.69 Å². The van der Waals surface area contributed by atoms with Crippen molar-refractivity contribution in [2.45, 2.75) is 32.3 Å². The van der Waals surface area contributed by atoms with E-state index in [0.717, 1.165) is 40.5 Å². The van der Waals surface area contributed by atoms with E-state index in [9.17, 15) is 4.79 Å². The molecule has 0 unspecified atom stereocenters. The Kier molecular flexibility index (Phi) is 7.65. The van der Waals surface area contributed by atoms with Gasteiger partial charge >= 0.3 is 0 Å². The van der Waals surface area contributed by atoms with Gasteiger partial charge in [-0.1, -0.05) is 66.7 Å². The third kappa shape index (κ3) is 5.48. The number of hydrogen-bond donors (Lipinski definition) is 1. The minimum Gasteiger partial charge on any atom is -0.494 e. The second-order valence-electron chi connectivity index (χ2n) is 7.78. The SMILES string of the molecule is CCOc1ccc(-n2c(SCC(=O)Nc3ccccc3CC)nnc2-c2ccc(C)cc2)cc1. The Labute approximate surface area is 204 Å². The van der Waals surface area contributed by atoms with Gasteiger partial charge in [0.05, 0.1) is 12.4 Å². The summed E-state index contributed by atoms with van der Waals surface area (Å²) in [6, 6.07) is 23.9. The average molecular weight is 473 g/mol. The van der Waals surface area contributed by atoms with Gasteiger partial charge in [0.2, 0.25) is 5.91 Å². The summed E-state index contributed by atoms with van der Waals surface area (Å²) >= 11 is 1.36. The summed E-state index contributed by atoms with van der Waals surface area (Å²) in [5, 5.41) is 12.6. The molecule has 0 atom stereocenters. The summed E-state index contributed by atoms with van der Waals surface area (Å²) in [6.07, 6.45) is 0.857. The molecule has 3 aromatic carbocycles. The van der Waals surface area contributed by atoms with Crippen molar-refractivity contribution in [1.29, 1.82) is 0 Å². The predicted octanol–water partition coefficient (Wildman–Crippen LogP) is 5.93. The monoisotopic (exact) mass is 472 g/mol. The molecule has 1 amide bonds. The summed E-state index contributed by atoms with van der Waals surface area (Å²) in [7, 11) is 0. The van der Waals surface area contributed by atoms with Gasteiger partial charge < -0.3 is 10.1 Å². The van der Waals surface area contributed by atoms with E-state index < -0.39 is 0 Å². The number of amides is 1. The molecular weight excluding hydrogens is 444 g/mol. The number of hydrogen-bond acceptors (Lipinski definition) is 5. The molecule has 1 heterocycles. The van der Waals surface area contributed by atoms with Gasteiger partial charge in [0, 0.05) is 16.9 Å². The third-order valence-corrected chi connectivity index (χ3v) is 6.28. The first-order valence-corrected chi connectivity index (χ1v) is 12.3. The lowest BCUT2D eigenvalue weighted by atomic mass is 10.1. The fraction of sp³-hybridized carbons (Fsp3) is 0.222. The highest BCUT2D eigenvalue weighted by atomic mass is 32.2. The summed E-state index contributed by atoms with van der Waals surface area (Å²) in [6.45, 7) is 6.70. The zero-order valence-electron chi connectivity index (χ0n) is 19.6.